The summed E-state index contributed by atoms with van der Waals surface area (Å²) in [4.78, 5) is 12.7. The lowest BCUT2D eigenvalue weighted by molar-refractivity contribution is -0.119. The van der Waals surface area contributed by atoms with E-state index in [1.54, 1.807) is 0 Å². The zero-order chi connectivity index (χ0) is 13.3. The van der Waals surface area contributed by atoms with Crippen LogP contribution in [0.2, 0.25) is 0 Å². The number of benzene rings is 1. The molecule has 1 fully saturated rings. The van der Waals surface area contributed by atoms with Gasteiger partial charge in [0.1, 0.15) is 0 Å². The molecule has 0 aliphatic heterocycles. The minimum atomic E-state index is 0.0999. The van der Waals surface area contributed by atoms with Crippen LogP contribution in [0.5, 0.6) is 0 Å². The van der Waals surface area contributed by atoms with E-state index in [-0.39, 0.29) is 11.3 Å². The van der Waals surface area contributed by atoms with E-state index in [0.717, 1.165) is 17.6 Å². The van der Waals surface area contributed by atoms with E-state index in [0.29, 0.717) is 5.78 Å². The predicted molar refractivity (Wildman–Crippen MR) is 78.7 cm³/mol. The largest absolute Gasteiger partial charge is 0.294 e. The second-order valence-electron chi connectivity index (χ2n) is 6.30. The summed E-state index contributed by atoms with van der Waals surface area (Å²) in [5.74, 6) is 0.610. The third kappa shape index (κ3) is 2.27. The lowest BCUT2D eigenvalue weighted by Crippen LogP contribution is -2.27. The molecule has 1 saturated carbocycles. The molecule has 0 unspecified atom stereocenters. The molecule has 0 bridgehead atoms. The molecule has 1 aromatic rings. The maximum Gasteiger partial charge on any atom is 0.167 e. The van der Waals surface area contributed by atoms with E-state index >= 15 is 0 Å². The molecular weight excluding hydrogens is 232 g/mol. The van der Waals surface area contributed by atoms with Gasteiger partial charge < -0.3 is 0 Å². The van der Waals surface area contributed by atoms with Crippen molar-refractivity contribution in [1.29, 1.82) is 0 Å². The fraction of sp³-hybridized carbons (Fsp3) is 0.500. The van der Waals surface area contributed by atoms with Crippen molar-refractivity contribution in [3.63, 3.8) is 0 Å². The van der Waals surface area contributed by atoms with Crippen molar-refractivity contribution >= 4 is 11.4 Å². The maximum absolute atomic E-state index is 12.7. The molecule has 0 N–H and O–H groups in total. The van der Waals surface area contributed by atoms with Crippen LogP contribution in [0.1, 0.15) is 51.0 Å². The van der Waals surface area contributed by atoms with Gasteiger partial charge in [-0.05, 0) is 23.8 Å². The molecule has 0 saturated heterocycles. The SMILES string of the molecule is C[C@@]12C=C(c3ccccc3)C(=O)[C@H]1CCCCCC2. The van der Waals surface area contributed by atoms with Crippen molar-refractivity contribution in [3.05, 3.63) is 42.0 Å². The Hall–Kier alpha value is -1.37. The molecule has 1 heteroatoms. The topological polar surface area (TPSA) is 17.1 Å². The highest BCUT2D eigenvalue weighted by Gasteiger charge is 2.44. The molecule has 2 aliphatic rings. The molecule has 0 spiro atoms. The average Bonchev–Trinajstić information content (AvgIpc) is 2.64. The van der Waals surface area contributed by atoms with Gasteiger partial charge in [0, 0.05) is 11.5 Å². The summed E-state index contributed by atoms with van der Waals surface area (Å²) in [6.45, 7) is 2.29. The Morgan fingerprint density at radius 1 is 1.05 bits per heavy atom. The summed E-state index contributed by atoms with van der Waals surface area (Å²) in [5, 5.41) is 0. The molecule has 100 valence electrons. The number of carbonyl (C=O) groups excluding carboxylic acids is 1. The zero-order valence-electron chi connectivity index (χ0n) is 11.7. The molecule has 3 rings (SSSR count). The van der Waals surface area contributed by atoms with Gasteiger partial charge in [-0.25, -0.2) is 0 Å². The second-order valence-corrected chi connectivity index (χ2v) is 6.30. The molecule has 0 aromatic heterocycles. The number of allylic oxidation sites excluding steroid dienone is 2. The van der Waals surface area contributed by atoms with E-state index in [1.165, 1.54) is 32.1 Å². The Morgan fingerprint density at radius 3 is 2.58 bits per heavy atom. The highest BCUT2D eigenvalue weighted by atomic mass is 16.1. The molecule has 0 radical (unpaired) electrons. The standard InChI is InChI=1S/C18H22O/c1-18-12-8-3-2-7-11-16(18)17(19)15(13-18)14-9-5-4-6-10-14/h4-6,9-10,13,16H,2-3,7-8,11-12H2,1H3/t16-,18-/m1/s1. The van der Waals surface area contributed by atoms with Gasteiger partial charge >= 0.3 is 0 Å². The van der Waals surface area contributed by atoms with Crippen LogP contribution in [0.3, 0.4) is 0 Å². The van der Waals surface area contributed by atoms with E-state index in [4.69, 9.17) is 0 Å². The Morgan fingerprint density at radius 2 is 1.79 bits per heavy atom. The number of Topliss-reactive ketones (excluding diaryl/α,β-unsaturated/α-hetero) is 1. The summed E-state index contributed by atoms with van der Waals surface area (Å²) in [7, 11) is 0. The first kappa shape index (κ1) is 12.7. The smallest absolute Gasteiger partial charge is 0.167 e. The zero-order valence-corrected chi connectivity index (χ0v) is 11.7. The molecule has 2 atom stereocenters. The van der Waals surface area contributed by atoms with Crippen molar-refractivity contribution in [3.8, 4) is 0 Å². The maximum atomic E-state index is 12.7. The number of ketones is 1. The van der Waals surface area contributed by atoms with Crippen molar-refractivity contribution in [2.24, 2.45) is 11.3 Å². The minimum Gasteiger partial charge on any atom is -0.294 e. The molecule has 1 aromatic carbocycles. The first-order valence-corrected chi connectivity index (χ1v) is 7.53. The van der Waals surface area contributed by atoms with Gasteiger partial charge in [0.15, 0.2) is 5.78 Å². The molecule has 19 heavy (non-hydrogen) atoms. The van der Waals surface area contributed by atoms with Crippen molar-refractivity contribution in [2.45, 2.75) is 45.4 Å². The number of fused-ring (bicyclic) bond motifs is 1. The Kier molecular flexibility index (Phi) is 3.30. The highest BCUT2D eigenvalue weighted by molar-refractivity contribution is 6.24. The van der Waals surface area contributed by atoms with Gasteiger partial charge in [0.05, 0.1) is 0 Å². The van der Waals surface area contributed by atoms with Crippen LogP contribution in [0, 0.1) is 11.3 Å². The Labute approximate surface area is 115 Å². The minimum absolute atomic E-state index is 0.0999. The Balaban J connectivity index is 1.96. The molecular formula is C18H22O. The summed E-state index contributed by atoms with van der Waals surface area (Å²) in [5.41, 5.74) is 2.17. The monoisotopic (exact) mass is 254 g/mol. The first-order chi connectivity index (χ1) is 9.21. The van der Waals surface area contributed by atoms with Gasteiger partial charge in [-0.2, -0.15) is 0 Å². The van der Waals surface area contributed by atoms with Gasteiger partial charge in [0.2, 0.25) is 0 Å². The Bertz CT molecular complexity index is 500. The number of carbonyl (C=O) groups is 1. The van der Waals surface area contributed by atoms with Crippen LogP contribution in [-0.4, -0.2) is 5.78 Å². The van der Waals surface area contributed by atoms with Gasteiger partial charge in [-0.1, -0.05) is 69.0 Å². The molecule has 1 nitrogen and oxygen atoms in total. The average molecular weight is 254 g/mol. The van der Waals surface area contributed by atoms with Crippen LogP contribution < -0.4 is 0 Å². The quantitative estimate of drug-likeness (QED) is 0.714. The van der Waals surface area contributed by atoms with E-state index in [9.17, 15) is 4.79 Å². The van der Waals surface area contributed by atoms with Gasteiger partial charge in [0.25, 0.3) is 0 Å². The third-order valence-corrected chi connectivity index (χ3v) is 4.90. The predicted octanol–water partition coefficient (Wildman–Crippen LogP) is 4.63. The van der Waals surface area contributed by atoms with Crippen LogP contribution in [0.4, 0.5) is 0 Å². The van der Waals surface area contributed by atoms with Crippen molar-refractivity contribution in [1.82, 2.24) is 0 Å². The van der Waals surface area contributed by atoms with E-state index in [2.05, 4.69) is 25.1 Å². The van der Waals surface area contributed by atoms with Crippen LogP contribution in [0.15, 0.2) is 36.4 Å². The third-order valence-electron chi connectivity index (χ3n) is 4.90. The first-order valence-electron chi connectivity index (χ1n) is 7.53. The summed E-state index contributed by atoms with van der Waals surface area (Å²) < 4.78 is 0. The highest BCUT2D eigenvalue weighted by Crippen LogP contribution is 2.48. The lowest BCUT2D eigenvalue weighted by Gasteiger charge is -2.31. The summed E-state index contributed by atoms with van der Waals surface area (Å²) in [6, 6.07) is 10.2. The summed E-state index contributed by atoms with van der Waals surface area (Å²) in [6.07, 6.45) is 9.61. The molecule has 0 amide bonds. The van der Waals surface area contributed by atoms with Crippen LogP contribution >= 0.6 is 0 Å². The van der Waals surface area contributed by atoms with E-state index in [1.807, 2.05) is 18.2 Å². The number of rotatable bonds is 1. The normalized spacial score (nSPS) is 31.3. The van der Waals surface area contributed by atoms with Gasteiger partial charge in [-0.15, -0.1) is 0 Å². The summed E-state index contributed by atoms with van der Waals surface area (Å²) >= 11 is 0. The lowest BCUT2D eigenvalue weighted by atomic mass is 9.72. The second kappa shape index (κ2) is 4.96. The van der Waals surface area contributed by atoms with Crippen molar-refractivity contribution < 1.29 is 4.79 Å². The number of hydrogen-bond acceptors (Lipinski definition) is 1. The van der Waals surface area contributed by atoms with E-state index < -0.39 is 0 Å². The van der Waals surface area contributed by atoms with Crippen LogP contribution in [0.25, 0.3) is 5.57 Å². The van der Waals surface area contributed by atoms with Crippen LogP contribution in [-0.2, 0) is 4.79 Å². The molecule has 0 heterocycles. The molecule has 2 aliphatic carbocycles. The fourth-order valence-corrected chi connectivity index (χ4v) is 3.75. The number of hydrogen-bond donors (Lipinski definition) is 0. The van der Waals surface area contributed by atoms with Gasteiger partial charge in [-0.3, -0.25) is 4.79 Å². The van der Waals surface area contributed by atoms with Crippen molar-refractivity contribution in [2.75, 3.05) is 0 Å². The fourth-order valence-electron chi connectivity index (χ4n) is 3.75.